The number of para-hydroxylation sites is 2. The SMILES string of the molecule is c1ccc(CN(n2nnc3ccccc32)n2nnc3ccccc32)cc1. The van der Waals surface area contributed by atoms with Crippen molar-refractivity contribution in [3.8, 4) is 0 Å². The third-order valence-corrected chi connectivity index (χ3v) is 4.27. The molecule has 26 heavy (non-hydrogen) atoms. The summed E-state index contributed by atoms with van der Waals surface area (Å²) < 4.78 is 0. The fourth-order valence-electron chi connectivity index (χ4n) is 3.02. The Hall–Kier alpha value is -3.74. The molecule has 0 aliphatic carbocycles. The Kier molecular flexibility index (Phi) is 3.35. The maximum atomic E-state index is 4.36. The molecule has 0 aliphatic rings. The maximum absolute atomic E-state index is 4.36. The van der Waals surface area contributed by atoms with E-state index in [9.17, 15) is 0 Å². The van der Waals surface area contributed by atoms with Crippen LogP contribution in [0.1, 0.15) is 5.56 Å². The smallest absolute Gasteiger partial charge is 0.115 e. The molecule has 0 aliphatic heterocycles. The highest BCUT2D eigenvalue weighted by Crippen LogP contribution is 2.16. The van der Waals surface area contributed by atoms with Crippen LogP contribution in [-0.4, -0.2) is 30.2 Å². The Morgan fingerprint density at radius 3 is 1.69 bits per heavy atom. The summed E-state index contributed by atoms with van der Waals surface area (Å²) in [5, 5.41) is 19.2. The first-order valence-electron chi connectivity index (χ1n) is 8.33. The molecule has 2 aromatic heterocycles. The van der Waals surface area contributed by atoms with Crippen LogP contribution in [-0.2, 0) is 6.54 Å². The standard InChI is InChI=1S/C19H15N7/c1-2-8-15(9-3-1)14-24(25-18-12-6-4-10-16(18)20-22-25)26-19-13-7-5-11-17(19)21-23-26/h1-13H,14H2. The lowest BCUT2D eigenvalue weighted by Gasteiger charge is -2.24. The number of aromatic nitrogens is 6. The number of fused-ring (bicyclic) bond motifs is 2. The molecule has 7 heteroatoms. The van der Waals surface area contributed by atoms with Gasteiger partial charge in [-0.15, -0.1) is 19.8 Å². The Labute approximate surface area is 149 Å². The lowest BCUT2D eigenvalue weighted by Crippen LogP contribution is -2.40. The van der Waals surface area contributed by atoms with Crippen LogP contribution in [0.4, 0.5) is 0 Å². The Morgan fingerprint density at radius 1 is 0.615 bits per heavy atom. The monoisotopic (exact) mass is 341 g/mol. The van der Waals surface area contributed by atoms with E-state index in [1.165, 1.54) is 0 Å². The molecule has 2 heterocycles. The van der Waals surface area contributed by atoms with E-state index in [4.69, 9.17) is 0 Å². The van der Waals surface area contributed by atoms with Gasteiger partial charge in [-0.25, -0.2) is 0 Å². The minimum atomic E-state index is 0.571. The van der Waals surface area contributed by atoms with Crippen LogP contribution in [0, 0.1) is 0 Å². The van der Waals surface area contributed by atoms with Crippen molar-refractivity contribution in [3.05, 3.63) is 84.4 Å². The molecular formula is C19H15N7. The van der Waals surface area contributed by atoms with Gasteiger partial charge in [0.2, 0.25) is 0 Å². The van der Waals surface area contributed by atoms with Gasteiger partial charge in [0.1, 0.15) is 22.1 Å². The number of rotatable bonds is 4. The molecule has 5 aromatic rings. The van der Waals surface area contributed by atoms with Gasteiger partial charge in [-0.3, -0.25) is 0 Å². The molecule has 5 rings (SSSR count). The second-order valence-electron chi connectivity index (χ2n) is 5.95. The summed E-state index contributed by atoms with van der Waals surface area (Å²) in [6, 6.07) is 25.9. The first kappa shape index (κ1) is 14.6. The van der Waals surface area contributed by atoms with Crippen molar-refractivity contribution in [2.45, 2.75) is 6.54 Å². The zero-order valence-electron chi connectivity index (χ0n) is 13.8. The van der Waals surface area contributed by atoms with Crippen molar-refractivity contribution >= 4 is 22.1 Å². The van der Waals surface area contributed by atoms with Gasteiger partial charge in [0.15, 0.2) is 0 Å². The first-order valence-corrected chi connectivity index (χ1v) is 8.33. The molecule has 0 atom stereocenters. The van der Waals surface area contributed by atoms with Gasteiger partial charge >= 0.3 is 0 Å². The van der Waals surface area contributed by atoms with E-state index in [0.29, 0.717) is 6.54 Å². The van der Waals surface area contributed by atoms with Crippen LogP contribution in [0.5, 0.6) is 0 Å². The summed E-state index contributed by atoms with van der Waals surface area (Å²) in [6.45, 7) is 0.571. The van der Waals surface area contributed by atoms with E-state index in [1.54, 1.807) is 9.58 Å². The Morgan fingerprint density at radius 2 is 1.12 bits per heavy atom. The van der Waals surface area contributed by atoms with Gasteiger partial charge in [-0.2, -0.15) is 5.12 Å². The van der Waals surface area contributed by atoms with Crippen LogP contribution >= 0.6 is 0 Å². The largest absolute Gasteiger partial charge is 0.176 e. The molecule has 0 N–H and O–H groups in total. The van der Waals surface area contributed by atoms with Crippen LogP contribution in [0.3, 0.4) is 0 Å². The van der Waals surface area contributed by atoms with Crippen LogP contribution in [0.2, 0.25) is 0 Å². The van der Waals surface area contributed by atoms with Crippen molar-refractivity contribution in [2.24, 2.45) is 0 Å². The summed E-state index contributed by atoms with van der Waals surface area (Å²) in [7, 11) is 0. The van der Waals surface area contributed by atoms with Gasteiger partial charge in [0.05, 0.1) is 6.54 Å². The van der Waals surface area contributed by atoms with Gasteiger partial charge in [-0.1, -0.05) is 54.6 Å². The lowest BCUT2D eigenvalue weighted by atomic mass is 10.2. The van der Waals surface area contributed by atoms with E-state index in [2.05, 4.69) is 32.8 Å². The average Bonchev–Trinajstić information content (AvgIpc) is 3.32. The fraction of sp³-hybridized carbons (Fsp3) is 0.0526. The summed E-state index contributed by atoms with van der Waals surface area (Å²) in [4.78, 5) is 3.53. The third-order valence-electron chi connectivity index (χ3n) is 4.27. The Bertz CT molecular complexity index is 1100. The predicted molar refractivity (Wildman–Crippen MR) is 98.8 cm³/mol. The molecule has 3 aromatic carbocycles. The van der Waals surface area contributed by atoms with Crippen molar-refractivity contribution in [2.75, 3.05) is 5.12 Å². The fourth-order valence-corrected chi connectivity index (χ4v) is 3.02. The molecule has 0 spiro atoms. The zero-order valence-corrected chi connectivity index (χ0v) is 13.8. The average molecular weight is 341 g/mol. The molecule has 126 valence electrons. The molecule has 0 amide bonds. The highest BCUT2D eigenvalue weighted by atomic mass is 15.9. The number of nitrogens with zero attached hydrogens (tertiary/aromatic N) is 7. The summed E-state index contributed by atoms with van der Waals surface area (Å²) >= 11 is 0. The van der Waals surface area contributed by atoms with E-state index < -0.39 is 0 Å². The summed E-state index contributed by atoms with van der Waals surface area (Å²) in [5.41, 5.74) is 4.60. The first-order chi connectivity index (χ1) is 12.9. The topological polar surface area (TPSA) is 64.7 Å². The third kappa shape index (κ3) is 2.37. The molecule has 0 saturated carbocycles. The van der Waals surface area contributed by atoms with Gasteiger partial charge < -0.3 is 0 Å². The minimum absolute atomic E-state index is 0.571. The van der Waals surface area contributed by atoms with E-state index in [0.717, 1.165) is 27.6 Å². The van der Waals surface area contributed by atoms with Crippen molar-refractivity contribution in [1.29, 1.82) is 0 Å². The van der Waals surface area contributed by atoms with E-state index >= 15 is 0 Å². The molecule has 0 saturated heterocycles. The molecule has 0 bridgehead atoms. The number of benzene rings is 3. The highest BCUT2D eigenvalue weighted by Gasteiger charge is 2.17. The van der Waals surface area contributed by atoms with Gasteiger partial charge in [0.25, 0.3) is 0 Å². The van der Waals surface area contributed by atoms with Crippen LogP contribution < -0.4 is 5.12 Å². The van der Waals surface area contributed by atoms with Crippen LogP contribution in [0.25, 0.3) is 22.1 Å². The number of hydrogen-bond donors (Lipinski definition) is 0. The maximum Gasteiger partial charge on any atom is 0.115 e. The minimum Gasteiger partial charge on any atom is -0.176 e. The highest BCUT2D eigenvalue weighted by molar-refractivity contribution is 5.76. The van der Waals surface area contributed by atoms with Crippen molar-refractivity contribution in [3.63, 3.8) is 0 Å². The van der Waals surface area contributed by atoms with E-state index in [-0.39, 0.29) is 0 Å². The van der Waals surface area contributed by atoms with Gasteiger partial charge in [0, 0.05) is 0 Å². The van der Waals surface area contributed by atoms with Gasteiger partial charge in [-0.05, 0) is 40.3 Å². The molecular weight excluding hydrogens is 326 g/mol. The molecule has 0 radical (unpaired) electrons. The second-order valence-corrected chi connectivity index (χ2v) is 5.95. The number of hydrogen-bond acceptors (Lipinski definition) is 5. The quantitative estimate of drug-likeness (QED) is 0.503. The Balaban J connectivity index is 1.70. The second kappa shape index (κ2) is 5.96. The normalized spacial score (nSPS) is 11.2. The summed E-state index contributed by atoms with van der Waals surface area (Å²) in [5.74, 6) is 0. The predicted octanol–water partition coefficient (Wildman–Crippen LogP) is 2.78. The van der Waals surface area contributed by atoms with E-state index in [1.807, 2.05) is 71.8 Å². The zero-order chi connectivity index (χ0) is 17.3. The summed E-state index contributed by atoms with van der Waals surface area (Å²) in [6.07, 6.45) is 0. The van der Waals surface area contributed by atoms with Crippen molar-refractivity contribution in [1.82, 2.24) is 30.2 Å². The molecule has 0 fully saturated rings. The van der Waals surface area contributed by atoms with Crippen molar-refractivity contribution < 1.29 is 0 Å². The lowest BCUT2D eigenvalue weighted by molar-refractivity contribution is 0.429. The molecule has 0 unspecified atom stereocenters. The van der Waals surface area contributed by atoms with Crippen LogP contribution in [0.15, 0.2) is 78.9 Å². The molecule has 7 nitrogen and oxygen atoms in total.